The Morgan fingerprint density at radius 2 is 1.77 bits per heavy atom. The first kappa shape index (κ1) is 21.3. The maximum absolute atomic E-state index is 12.5. The summed E-state index contributed by atoms with van der Waals surface area (Å²) in [7, 11) is -2.32. The number of rotatable bonds is 8. The lowest BCUT2D eigenvalue weighted by Gasteiger charge is -2.06. The Hall–Kier alpha value is -3.44. The summed E-state index contributed by atoms with van der Waals surface area (Å²) in [4.78, 5) is 27.5. The van der Waals surface area contributed by atoms with Gasteiger partial charge in [0.25, 0.3) is 10.0 Å². The van der Waals surface area contributed by atoms with Gasteiger partial charge >= 0.3 is 0 Å². The number of anilines is 2. The van der Waals surface area contributed by atoms with Gasteiger partial charge in [-0.1, -0.05) is 0 Å². The Balaban J connectivity index is 1.61. The molecule has 0 saturated heterocycles. The largest absolute Gasteiger partial charge is 0.497 e. The van der Waals surface area contributed by atoms with E-state index in [-0.39, 0.29) is 22.4 Å². The second-order valence-electron chi connectivity index (χ2n) is 6.09. The van der Waals surface area contributed by atoms with Crippen molar-refractivity contribution in [2.24, 2.45) is 5.73 Å². The molecule has 0 aliphatic carbocycles. The summed E-state index contributed by atoms with van der Waals surface area (Å²) in [6.45, 7) is 0. The second kappa shape index (κ2) is 8.93. The first-order chi connectivity index (χ1) is 14.3. The Morgan fingerprint density at radius 3 is 2.37 bits per heavy atom. The van der Waals surface area contributed by atoms with E-state index in [1.54, 1.807) is 29.6 Å². The molecule has 0 aliphatic rings. The molecule has 0 aliphatic heterocycles. The van der Waals surface area contributed by atoms with Crippen LogP contribution in [-0.2, 0) is 21.2 Å². The summed E-state index contributed by atoms with van der Waals surface area (Å²) in [5.41, 5.74) is 6.43. The molecule has 1 aromatic heterocycles. The van der Waals surface area contributed by atoms with Crippen LogP contribution in [0.15, 0.2) is 58.8 Å². The van der Waals surface area contributed by atoms with Crippen LogP contribution >= 0.6 is 11.3 Å². The minimum atomic E-state index is -3.81. The zero-order chi connectivity index (χ0) is 21.7. The maximum atomic E-state index is 12.5. The van der Waals surface area contributed by atoms with Gasteiger partial charge in [0.05, 0.1) is 24.1 Å². The van der Waals surface area contributed by atoms with Gasteiger partial charge in [-0.25, -0.2) is 13.4 Å². The molecule has 0 unspecified atom stereocenters. The standard InChI is InChI=1S/C19H18N4O5S2/c1-28-15-6-8-16(9-7-15)30(26,27)23-19-22-14(11-29-19)10-17(24)21-13-4-2-12(3-5-13)18(20)25/h2-9,11H,10H2,1H3,(H2,20,25)(H,21,24)(H,22,23). The Morgan fingerprint density at radius 1 is 1.10 bits per heavy atom. The van der Waals surface area contributed by atoms with Crippen LogP contribution in [0, 0.1) is 0 Å². The zero-order valence-corrected chi connectivity index (χ0v) is 17.4. The van der Waals surface area contributed by atoms with Crippen LogP contribution in [-0.4, -0.2) is 32.3 Å². The van der Waals surface area contributed by atoms with Crippen LogP contribution in [0.4, 0.5) is 10.8 Å². The average Bonchev–Trinajstić information content (AvgIpc) is 3.14. The first-order valence-electron chi connectivity index (χ1n) is 8.58. The molecule has 3 rings (SSSR count). The molecule has 2 amide bonds. The number of aromatic nitrogens is 1. The van der Waals surface area contributed by atoms with Crippen LogP contribution in [0.5, 0.6) is 5.75 Å². The molecule has 30 heavy (non-hydrogen) atoms. The third kappa shape index (κ3) is 5.33. The predicted molar refractivity (Wildman–Crippen MR) is 113 cm³/mol. The number of methoxy groups -OCH3 is 1. The van der Waals surface area contributed by atoms with Crippen LogP contribution in [0.3, 0.4) is 0 Å². The highest BCUT2D eigenvalue weighted by molar-refractivity contribution is 7.93. The van der Waals surface area contributed by atoms with E-state index in [9.17, 15) is 18.0 Å². The van der Waals surface area contributed by atoms with Crippen molar-refractivity contribution in [1.29, 1.82) is 0 Å². The predicted octanol–water partition coefficient (Wildman–Crippen LogP) is 2.23. The smallest absolute Gasteiger partial charge is 0.263 e. The number of ether oxygens (including phenoxy) is 1. The molecule has 9 nitrogen and oxygen atoms in total. The number of carbonyl (C=O) groups is 2. The lowest BCUT2D eigenvalue weighted by Crippen LogP contribution is -2.16. The van der Waals surface area contributed by atoms with Gasteiger partial charge in [0.2, 0.25) is 11.8 Å². The van der Waals surface area contributed by atoms with E-state index in [0.717, 1.165) is 11.3 Å². The van der Waals surface area contributed by atoms with Gasteiger partial charge in [0, 0.05) is 16.6 Å². The molecule has 0 bridgehead atoms. The van der Waals surface area contributed by atoms with Crippen molar-refractivity contribution in [2.75, 3.05) is 17.1 Å². The fraction of sp³-hybridized carbons (Fsp3) is 0.105. The number of hydrogen-bond acceptors (Lipinski definition) is 7. The van der Waals surface area contributed by atoms with Crippen molar-refractivity contribution >= 4 is 44.0 Å². The molecule has 4 N–H and O–H groups in total. The van der Waals surface area contributed by atoms with Gasteiger partial charge in [-0.15, -0.1) is 11.3 Å². The SMILES string of the molecule is COc1ccc(S(=O)(=O)Nc2nc(CC(=O)Nc3ccc(C(N)=O)cc3)cs2)cc1. The number of benzene rings is 2. The van der Waals surface area contributed by atoms with Crippen molar-refractivity contribution in [3.05, 3.63) is 65.2 Å². The van der Waals surface area contributed by atoms with Crippen LogP contribution in [0.1, 0.15) is 16.1 Å². The van der Waals surface area contributed by atoms with Crippen LogP contribution < -0.4 is 20.5 Å². The third-order valence-corrected chi connectivity index (χ3v) is 6.23. The summed E-state index contributed by atoms with van der Waals surface area (Å²) in [5, 5.41) is 4.42. The molecule has 0 atom stereocenters. The van der Waals surface area contributed by atoms with Crippen molar-refractivity contribution in [3.8, 4) is 5.75 Å². The summed E-state index contributed by atoms with van der Waals surface area (Å²) >= 11 is 1.07. The van der Waals surface area contributed by atoms with E-state index in [0.29, 0.717) is 22.7 Å². The highest BCUT2D eigenvalue weighted by atomic mass is 32.2. The monoisotopic (exact) mass is 446 g/mol. The molecular weight excluding hydrogens is 428 g/mol. The molecule has 1 heterocycles. The van der Waals surface area contributed by atoms with E-state index >= 15 is 0 Å². The number of amides is 2. The van der Waals surface area contributed by atoms with Gasteiger partial charge in [0.15, 0.2) is 5.13 Å². The maximum Gasteiger partial charge on any atom is 0.263 e. The molecule has 2 aromatic carbocycles. The number of primary amides is 1. The molecule has 11 heteroatoms. The van der Waals surface area contributed by atoms with Crippen molar-refractivity contribution in [1.82, 2.24) is 4.98 Å². The summed E-state index contributed by atoms with van der Waals surface area (Å²) in [5.74, 6) is -0.350. The van der Waals surface area contributed by atoms with Gasteiger partial charge in [-0.05, 0) is 48.5 Å². The molecule has 3 aromatic rings. The van der Waals surface area contributed by atoms with Gasteiger partial charge in [-0.3, -0.25) is 14.3 Å². The topological polar surface area (TPSA) is 140 Å². The van der Waals surface area contributed by atoms with E-state index in [4.69, 9.17) is 10.5 Å². The molecule has 0 saturated carbocycles. The molecule has 0 spiro atoms. The number of thiazole rings is 1. The highest BCUT2D eigenvalue weighted by Gasteiger charge is 2.17. The number of nitrogens with two attached hydrogens (primary N) is 1. The average molecular weight is 447 g/mol. The van der Waals surface area contributed by atoms with E-state index < -0.39 is 15.9 Å². The molecule has 0 fully saturated rings. The van der Waals surface area contributed by atoms with Crippen molar-refractivity contribution < 1.29 is 22.7 Å². The van der Waals surface area contributed by atoms with Gasteiger partial charge in [-0.2, -0.15) is 0 Å². The third-order valence-electron chi connectivity index (χ3n) is 3.94. The lowest BCUT2D eigenvalue weighted by molar-refractivity contribution is -0.115. The Labute approximate surface area is 177 Å². The van der Waals surface area contributed by atoms with Crippen LogP contribution in [0.25, 0.3) is 0 Å². The van der Waals surface area contributed by atoms with Gasteiger partial charge in [0.1, 0.15) is 5.75 Å². The highest BCUT2D eigenvalue weighted by Crippen LogP contribution is 2.22. The fourth-order valence-corrected chi connectivity index (χ4v) is 4.41. The Kier molecular flexibility index (Phi) is 6.33. The van der Waals surface area contributed by atoms with E-state index in [1.165, 1.54) is 31.4 Å². The number of carbonyl (C=O) groups excluding carboxylic acids is 2. The quantitative estimate of drug-likeness (QED) is 0.485. The first-order valence-corrected chi connectivity index (χ1v) is 10.9. The molecular formula is C19H18N4O5S2. The number of nitrogens with zero attached hydrogens (tertiary/aromatic N) is 1. The van der Waals surface area contributed by atoms with Gasteiger partial charge < -0.3 is 15.8 Å². The van der Waals surface area contributed by atoms with E-state index in [2.05, 4.69) is 15.0 Å². The number of nitrogens with one attached hydrogen (secondary N) is 2. The minimum absolute atomic E-state index is 0.0433. The van der Waals surface area contributed by atoms with Crippen LogP contribution in [0.2, 0.25) is 0 Å². The van der Waals surface area contributed by atoms with Crippen molar-refractivity contribution in [3.63, 3.8) is 0 Å². The molecule has 156 valence electrons. The zero-order valence-electron chi connectivity index (χ0n) is 15.8. The summed E-state index contributed by atoms with van der Waals surface area (Å²) in [6.07, 6.45) is -0.0433. The van der Waals surface area contributed by atoms with Crippen molar-refractivity contribution in [2.45, 2.75) is 11.3 Å². The number of sulfonamides is 1. The summed E-state index contributed by atoms with van der Waals surface area (Å²) in [6, 6.07) is 12.1. The summed E-state index contributed by atoms with van der Waals surface area (Å²) < 4.78 is 32.3. The Bertz CT molecular complexity index is 1160. The van der Waals surface area contributed by atoms with E-state index in [1.807, 2.05) is 0 Å². The fourth-order valence-electron chi connectivity index (χ4n) is 2.45. The second-order valence-corrected chi connectivity index (χ2v) is 8.63. The lowest BCUT2D eigenvalue weighted by atomic mass is 10.2. The normalized spacial score (nSPS) is 11.0. The molecule has 0 radical (unpaired) electrons. The number of hydrogen-bond donors (Lipinski definition) is 3. The minimum Gasteiger partial charge on any atom is -0.497 e.